The lowest BCUT2D eigenvalue weighted by Crippen LogP contribution is -2.48. The van der Waals surface area contributed by atoms with Crippen molar-refractivity contribution in [3.63, 3.8) is 0 Å². The van der Waals surface area contributed by atoms with E-state index in [0.717, 1.165) is 27.9 Å². The van der Waals surface area contributed by atoms with Crippen LogP contribution in [0.25, 0.3) is 10.2 Å². The monoisotopic (exact) mass is 540 g/mol. The zero-order valence-electron chi connectivity index (χ0n) is 20.0. The van der Waals surface area contributed by atoms with Crippen LogP contribution in [0, 0.1) is 18.7 Å². The van der Waals surface area contributed by atoms with Gasteiger partial charge in [-0.15, -0.1) is 12.4 Å². The van der Waals surface area contributed by atoms with Crippen LogP contribution in [-0.4, -0.2) is 68.8 Å². The first kappa shape index (κ1) is 27.5. The molecular formula is C24H30ClFN4O3S2. The van der Waals surface area contributed by atoms with Crippen molar-refractivity contribution < 1.29 is 17.6 Å². The molecule has 1 aliphatic heterocycles. The molecule has 1 unspecified atom stereocenters. The molecule has 0 spiro atoms. The molecule has 0 bridgehead atoms. The third kappa shape index (κ3) is 6.18. The Morgan fingerprint density at radius 2 is 1.89 bits per heavy atom. The highest BCUT2D eigenvalue weighted by Gasteiger charge is 2.36. The minimum absolute atomic E-state index is 0. The molecule has 4 rings (SSSR count). The molecule has 1 aliphatic rings. The quantitative estimate of drug-likeness (QED) is 0.450. The third-order valence-corrected chi connectivity index (χ3v) is 8.91. The minimum Gasteiger partial charge on any atom is -0.308 e. The van der Waals surface area contributed by atoms with Gasteiger partial charge in [-0.05, 0) is 75.8 Å². The Morgan fingerprint density at radius 3 is 2.57 bits per heavy atom. The van der Waals surface area contributed by atoms with Gasteiger partial charge in [0.1, 0.15) is 5.82 Å². The predicted octanol–water partition coefficient (Wildman–Crippen LogP) is 4.16. The molecular weight excluding hydrogens is 511 g/mol. The summed E-state index contributed by atoms with van der Waals surface area (Å²) >= 11 is 1.48. The lowest BCUT2D eigenvalue weighted by atomic mass is 9.98. The Hall–Kier alpha value is -2.11. The first-order chi connectivity index (χ1) is 16.1. The van der Waals surface area contributed by atoms with Crippen molar-refractivity contribution in [2.24, 2.45) is 5.92 Å². The van der Waals surface area contributed by atoms with Crippen molar-refractivity contribution in [3.05, 3.63) is 53.8 Å². The second kappa shape index (κ2) is 11.3. The number of rotatable bonds is 7. The average molecular weight is 541 g/mol. The van der Waals surface area contributed by atoms with Gasteiger partial charge in [0, 0.05) is 26.2 Å². The number of amides is 1. The van der Waals surface area contributed by atoms with Crippen LogP contribution >= 0.6 is 23.7 Å². The molecule has 1 saturated heterocycles. The van der Waals surface area contributed by atoms with Crippen LogP contribution in [0.3, 0.4) is 0 Å². The summed E-state index contributed by atoms with van der Waals surface area (Å²) in [5.74, 6) is -1.08. The molecule has 11 heteroatoms. The van der Waals surface area contributed by atoms with E-state index < -0.39 is 21.8 Å². The van der Waals surface area contributed by atoms with Gasteiger partial charge in [-0.25, -0.2) is 17.8 Å². The fourth-order valence-corrected chi connectivity index (χ4v) is 6.69. The van der Waals surface area contributed by atoms with Gasteiger partial charge in [0.05, 0.1) is 21.0 Å². The maximum atomic E-state index is 13.7. The topological polar surface area (TPSA) is 73.8 Å². The van der Waals surface area contributed by atoms with E-state index in [1.807, 2.05) is 38.1 Å². The van der Waals surface area contributed by atoms with Crippen LogP contribution in [0.15, 0.2) is 47.4 Å². The highest BCUT2D eigenvalue weighted by atomic mass is 35.5. The van der Waals surface area contributed by atoms with Crippen LogP contribution in [-0.2, 0) is 14.8 Å². The van der Waals surface area contributed by atoms with Crippen LogP contribution in [0.5, 0.6) is 0 Å². The van der Waals surface area contributed by atoms with E-state index in [-0.39, 0.29) is 29.8 Å². The number of aromatic nitrogens is 1. The Bertz CT molecular complexity index is 1280. The molecule has 7 nitrogen and oxygen atoms in total. The number of anilines is 1. The molecule has 0 saturated carbocycles. The fraction of sp³-hybridized carbons (Fsp3) is 0.417. The molecule has 0 aliphatic carbocycles. The van der Waals surface area contributed by atoms with Gasteiger partial charge >= 0.3 is 0 Å². The van der Waals surface area contributed by atoms with Crippen molar-refractivity contribution in [2.45, 2.75) is 24.7 Å². The summed E-state index contributed by atoms with van der Waals surface area (Å²) in [6.07, 6.45) is 1.19. The predicted molar refractivity (Wildman–Crippen MR) is 140 cm³/mol. The number of sulfonamides is 1. The summed E-state index contributed by atoms with van der Waals surface area (Å²) in [6.45, 7) is 3.57. The maximum Gasteiger partial charge on any atom is 0.243 e. The number of carbonyl (C=O) groups excluding carboxylic acids is 1. The summed E-state index contributed by atoms with van der Waals surface area (Å²) < 4.78 is 41.9. The minimum atomic E-state index is -3.81. The maximum absolute atomic E-state index is 13.7. The van der Waals surface area contributed by atoms with E-state index in [9.17, 15) is 17.6 Å². The number of fused-ring (bicyclic) bond motifs is 1. The summed E-state index contributed by atoms with van der Waals surface area (Å²) in [5, 5.41) is 0.631. The van der Waals surface area contributed by atoms with Gasteiger partial charge in [0.2, 0.25) is 15.9 Å². The zero-order valence-corrected chi connectivity index (χ0v) is 22.4. The molecule has 1 amide bonds. The van der Waals surface area contributed by atoms with E-state index in [1.165, 1.54) is 27.8 Å². The number of aryl methyl sites for hydroxylation is 1. The Labute approximate surface area is 216 Å². The molecule has 35 heavy (non-hydrogen) atoms. The number of hydrogen-bond donors (Lipinski definition) is 0. The van der Waals surface area contributed by atoms with E-state index in [1.54, 1.807) is 4.90 Å². The lowest BCUT2D eigenvalue weighted by molar-refractivity contribution is -0.123. The SMILES string of the molecule is Cc1ccc2nc(N(CCN(C)C)C(=O)C3CCCN(S(=O)(=O)c4ccc(F)cc4)C3)sc2c1.Cl. The zero-order chi connectivity index (χ0) is 24.5. The number of nitrogens with zero attached hydrogens (tertiary/aromatic N) is 4. The molecule has 3 aromatic rings. The first-order valence-electron chi connectivity index (χ1n) is 11.2. The normalized spacial score (nSPS) is 16.9. The Balaban J connectivity index is 0.00000342. The lowest BCUT2D eigenvalue weighted by Gasteiger charge is -2.34. The van der Waals surface area contributed by atoms with Gasteiger partial charge in [0.25, 0.3) is 0 Å². The van der Waals surface area contributed by atoms with Gasteiger partial charge in [-0.3, -0.25) is 9.69 Å². The molecule has 1 fully saturated rings. The molecule has 1 aromatic heterocycles. The molecule has 2 aromatic carbocycles. The highest BCUT2D eigenvalue weighted by Crippen LogP contribution is 2.32. The van der Waals surface area contributed by atoms with Crippen LogP contribution in [0.1, 0.15) is 18.4 Å². The van der Waals surface area contributed by atoms with Crippen molar-refractivity contribution in [2.75, 3.05) is 45.2 Å². The number of halogens is 2. The smallest absolute Gasteiger partial charge is 0.243 e. The highest BCUT2D eigenvalue weighted by molar-refractivity contribution is 7.89. The van der Waals surface area contributed by atoms with Crippen molar-refractivity contribution >= 4 is 55.0 Å². The summed E-state index contributed by atoms with van der Waals surface area (Å²) in [7, 11) is 0.0809. The number of thiazole rings is 1. The third-order valence-electron chi connectivity index (χ3n) is 5.99. The van der Waals surface area contributed by atoms with Gasteiger partial charge in [-0.1, -0.05) is 17.4 Å². The summed E-state index contributed by atoms with van der Waals surface area (Å²) in [6, 6.07) is 10.8. The van der Waals surface area contributed by atoms with Gasteiger partial charge < -0.3 is 4.90 Å². The van der Waals surface area contributed by atoms with E-state index in [0.29, 0.717) is 37.6 Å². The van der Waals surface area contributed by atoms with Crippen molar-refractivity contribution in [1.82, 2.24) is 14.2 Å². The Kier molecular flexibility index (Phi) is 8.87. The van der Waals surface area contributed by atoms with Crippen LogP contribution in [0.4, 0.5) is 9.52 Å². The average Bonchev–Trinajstić information content (AvgIpc) is 3.22. The van der Waals surface area contributed by atoms with Crippen LogP contribution < -0.4 is 4.90 Å². The Morgan fingerprint density at radius 1 is 1.17 bits per heavy atom. The number of likely N-dealkylation sites (N-methyl/N-ethyl adjacent to an activating group) is 1. The molecule has 0 radical (unpaired) electrons. The van der Waals surface area contributed by atoms with Gasteiger partial charge in [-0.2, -0.15) is 4.31 Å². The standard InChI is InChI=1S/C24H29FN4O3S2.ClH/c1-17-6-11-21-22(15-17)33-24(26-21)29(14-13-27(2)3)23(30)18-5-4-12-28(16-18)34(31,32)20-9-7-19(25)8-10-20;/h6-11,15,18H,4-5,12-14,16H2,1-3H3;1H. The molecule has 0 N–H and O–H groups in total. The van der Waals surface area contributed by atoms with Crippen molar-refractivity contribution in [1.29, 1.82) is 0 Å². The molecule has 1 atom stereocenters. The van der Waals surface area contributed by atoms with E-state index in [2.05, 4.69) is 6.07 Å². The van der Waals surface area contributed by atoms with Crippen molar-refractivity contribution in [3.8, 4) is 0 Å². The first-order valence-corrected chi connectivity index (χ1v) is 13.5. The van der Waals surface area contributed by atoms with E-state index in [4.69, 9.17) is 4.98 Å². The summed E-state index contributed by atoms with van der Waals surface area (Å²) in [4.78, 5) is 22.2. The second-order valence-electron chi connectivity index (χ2n) is 8.92. The number of benzene rings is 2. The number of carbonyl (C=O) groups is 1. The molecule has 2 heterocycles. The molecule has 190 valence electrons. The number of hydrogen-bond acceptors (Lipinski definition) is 6. The van der Waals surface area contributed by atoms with E-state index >= 15 is 0 Å². The second-order valence-corrected chi connectivity index (χ2v) is 11.9. The van der Waals surface area contributed by atoms with Crippen LogP contribution in [0.2, 0.25) is 0 Å². The van der Waals surface area contributed by atoms with Gasteiger partial charge in [0.15, 0.2) is 5.13 Å². The number of piperidine rings is 1. The largest absolute Gasteiger partial charge is 0.308 e. The fourth-order valence-electron chi connectivity index (χ4n) is 4.07. The summed E-state index contributed by atoms with van der Waals surface area (Å²) in [5.41, 5.74) is 1.97.